The third-order valence-electron chi connectivity index (χ3n) is 15.0. The lowest BCUT2D eigenvalue weighted by Crippen LogP contribution is -2.30. The molecule has 0 rings (SSSR count). The summed E-state index contributed by atoms with van der Waals surface area (Å²) in [5.74, 6) is -1.60. The Morgan fingerprint density at radius 2 is 0.570 bits per heavy atom. The monoisotopic (exact) mass is 1350 g/mol. The molecular weight excluding hydrogens is 1220 g/mol. The number of allylic oxidation sites excluding steroid dienone is 18. The van der Waals surface area contributed by atoms with E-state index in [2.05, 4.69) is 130 Å². The zero-order chi connectivity index (χ0) is 68.1. The van der Waals surface area contributed by atoms with E-state index in [1.807, 2.05) is 0 Å². The molecule has 0 amide bonds. The zero-order valence-corrected chi connectivity index (χ0v) is 59.9. The first-order valence-corrected chi connectivity index (χ1v) is 39.2. The molecule has 0 aromatic heterocycles. The van der Waals surface area contributed by atoms with Crippen LogP contribution in [0.15, 0.2) is 109 Å². The van der Waals surface area contributed by atoms with Gasteiger partial charge < -0.3 is 34.2 Å². The highest BCUT2D eigenvalue weighted by atomic mass is 31.2. The Bertz CT molecular complexity index is 2130. The van der Waals surface area contributed by atoms with Crippen molar-refractivity contribution in [1.29, 1.82) is 0 Å². The third kappa shape index (κ3) is 69.4. The van der Waals surface area contributed by atoms with Crippen LogP contribution in [-0.2, 0) is 55.8 Å². The van der Waals surface area contributed by atoms with Crippen LogP contribution in [-0.4, -0.2) is 95.9 Å². The fourth-order valence-corrected chi connectivity index (χ4v) is 11.0. The fraction of sp³-hybridized carbons (Fsp3) is 0.720. The average molecular weight is 1350 g/mol. The summed E-state index contributed by atoms with van der Waals surface area (Å²) in [6.45, 7) is 2.50. The first kappa shape index (κ1) is 89.2. The standard InChI is InChI=1S/C75H130O16P2/c1-4-7-10-13-16-19-22-25-28-29-30-31-32-33-34-35-36-37-38-39-42-44-46-49-52-55-58-61-73(78)85-64-70(76)65-87-92(81,82)88-66-71(77)67-89-93(83,84)90-69-72(91-75(80)63-60-57-54-51-48-45-41-27-24-21-18-15-12-9-6-3)68-86-74(79)62-59-56-53-50-47-43-40-26-23-20-17-14-11-8-5-2/h7,10,16-17,19-20,25-28,30-31,33-34,36-37,40-41,70-72,76-77H,4-6,8-9,11-15,18,21-24,29,32,35,38-39,42-69H2,1-3H3,(H,81,82)(H,83,84)/b10-7-,19-16-,20-17-,28-25-,31-30-,34-33-,37-36-,40-26-,41-27-. The van der Waals surface area contributed by atoms with Gasteiger partial charge in [0.25, 0.3) is 0 Å². The number of hydrogen-bond donors (Lipinski definition) is 4. The summed E-state index contributed by atoms with van der Waals surface area (Å²) in [6.07, 6.45) is 77.1. The van der Waals surface area contributed by atoms with Gasteiger partial charge in [0.05, 0.1) is 26.4 Å². The molecule has 0 bridgehead atoms. The van der Waals surface area contributed by atoms with Crippen LogP contribution < -0.4 is 0 Å². The van der Waals surface area contributed by atoms with Crippen molar-refractivity contribution in [3.05, 3.63) is 109 Å². The number of ether oxygens (including phenoxy) is 3. The maximum absolute atomic E-state index is 12.9. The van der Waals surface area contributed by atoms with E-state index in [-0.39, 0.29) is 19.3 Å². The van der Waals surface area contributed by atoms with Crippen LogP contribution in [0.5, 0.6) is 0 Å². The first-order chi connectivity index (χ1) is 45.2. The second-order valence-corrected chi connectivity index (χ2v) is 26.9. The van der Waals surface area contributed by atoms with Crippen LogP contribution in [0.1, 0.15) is 290 Å². The first-order valence-electron chi connectivity index (χ1n) is 36.2. The lowest BCUT2D eigenvalue weighted by atomic mass is 10.1. The molecule has 0 aliphatic rings. The van der Waals surface area contributed by atoms with Crippen molar-refractivity contribution >= 4 is 33.6 Å². The van der Waals surface area contributed by atoms with Crippen LogP contribution >= 0.6 is 15.6 Å². The van der Waals surface area contributed by atoms with Gasteiger partial charge in [-0.15, -0.1) is 0 Å². The largest absolute Gasteiger partial charge is 0.472 e. The molecule has 0 saturated carbocycles. The van der Waals surface area contributed by atoms with E-state index in [9.17, 15) is 43.5 Å². The number of hydrogen-bond acceptors (Lipinski definition) is 14. The molecule has 0 heterocycles. The molecule has 4 N–H and O–H groups in total. The van der Waals surface area contributed by atoms with Crippen LogP contribution in [0.2, 0.25) is 0 Å². The predicted molar refractivity (Wildman–Crippen MR) is 380 cm³/mol. The summed E-state index contributed by atoms with van der Waals surface area (Å²) in [5, 5.41) is 20.6. The van der Waals surface area contributed by atoms with Crippen molar-refractivity contribution in [1.82, 2.24) is 0 Å². The highest BCUT2D eigenvalue weighted by Gasteiger charge is 2.29. The summed E-state index contributed by atoms with van der Waals surface area (Å²) in [7, 11) is -9.79. The van der Waals surface area contributed by atoms with Crippen LogP contribution in [0, 0.1) is 0 Å². The molecule has 0 spiro atoms. The van der Waals surface area contributed by atoms with Gasteiger partial charge in [0.15, 0.2) is 6.10 Å². The Labute approximate surface area is 564 Å². The van der Waals surface area contributed by atoms with Crippen LogP contribution in [0.4, 0.5) is 0 Å². The Kier molecular flexibility index (Phi) is 65.4. The summed E-state index contributed by atoms with van der Waals surface area (Å²) in [6, 6.07) is 0. The Morgan fingerprint density at radius 3 is 0.935 bits per heavy atom. The van der Waals surface area contributed by atoms with Crippen molar-refractivity contribution < 1.29 is 75.8 Å². The van der Waals surface area contributed by atoms with E-state index in [0.717, 1.165) is 154 Å². The van der Waals surface area contributed by atoms with Crippen LogP contribution in [0.3, 0.4) is 0 Å². The lowest BCUT2D eigenvalue weighted by molar-refractivity contribution is -0.161. The minimum Gasteiger partial charge on any atom is -0.463 e. The molecule has 0 fully saturated rings. The van der Waals surface area contributed by atoms with E-state index in [4.69, 9.17) is 32.3 Å². The number of carbonyl (C=O) groups is 3. The average Bonchev–Trinajstić information content (AvgIpc) is 3.71. The SMILES string of the molecule is CC/C=C\C/C=C\C/C=C\C/C=C\C/C=C\C/C=C\CCCCCCCCCCC(=O)OCC(O)COP(=O)(O)OCC(O)COP(=O)(O)OCC(COC(=O)CCCCCCC/C=C\C/C=C\CCCCC)OC(=O)CCCCCCC/C=C\CCCCCCCC. The number of carbonyl (C=O) groups excluding carboxylic acids is 3. The molecule has 536 valence electrons. The maximum Gasteiger partial charge on any atom is 0.472 e. The number of phosphoric ester groups is 2. The Balaban J connectivity index is 4.55. The van der Waals surface area contributed by atoms with Gasteiger partial charge in [-0.1, -0.05) is 252 Å². The summed E-state index contributed by atoms with van der Waals surface area (Å²) < 4.78 is 60.9. The molecule has 0 aliphatic heterocycles. The Morgan fingerprint density at radius 1 is 0.312 bits per heavy atom. The quantitative estimate of drug-likeness (QED) is 0.0146. The molecule has 5 unspecified atom stereocenters. The molecule has 0 saturated heterocycles. The molecule has 0 aromatic rings. The number of rotatable bonds is 68. The number of unbranched alkanes of at least 4 members (excludes halogenated alkanes) is 27. The minimum absolute atomic E-state index is 0.0915. The topological polar surface area (TPSA) is 231 Å². The molecule has 0 aromatic carbocycles. The van der Waals surface area contributed by atoms with Gasteiger partial charge in [-0.05, 0) is 128 Å². The number of aliphatic hydroxyl groups excluding tert-OH is 2. The van der Waals surface area contributed by atoms with Gasteiger partial charge in [-0.3, -0.25) is 32.5 Å². The normalized spacial score (nSPS) is 14.8. The smallest absolute Gasteiger partial charge is 0.463 e. The zero-order valence-electron chi connectivity index (χ0n) is 58.1. The summed E-state index contributed by atoms with van der Waals surface area (Å²) in [5.41, 5.74) is 0. The van der Waals surface area contributed by atoms with Gasteiger partial charge in [0.2, 0.25) is 0 Å². The molecule has 18 heteroatoms. The fourth-order valence-electron chi connectivity index (χ4n) is 9.42. The summed E-state index contributed by atoms with van der Waals surface area (Å²) >= 11 is 0. The molecule has 0 radical (unpaired) electrons. The van der Waals surface area contributed by atoms with Crippen molar-refractivity contribution in [3.63, 3.8) is 0 Å². The van der Waals surface area contributed by atoms with Crippen molar-refractivity contribution in [2.45, 2.75) is 309 Å². The minimum atomic E-state index is -4.93. The lowest BCUT2D eigenvalue weighted by Gasteiger charge is -2.21. The molecule has 16 nitrogen and oxygen atoms in total. The van der Waals surface area contributed by atoms with Crippen molar-refractivity contribution in [2.24, 2.45) is 0 Å². The van der Waals surface area contributed by atoms with E-state index in [1.54, 1.807) is 0 Å². The van der Waals surface area contributed by atoms with Gasteiger partial charge in [0, 0.05) is 19.3 Å². The molecule has 5 atom stereocenters. The number of aliphatic hydroxyl groups is 2. The maximum atomic E-state index is 12.9. The Hall–Kier alpha value is -3.79. The second kappa shape index (κ2) is 68.2. The number of phosphoric acid groups is 2. The van der Waals surface area contributed by atoms with Crippen molar-refractivity contribution in [3.8, 4) is 0 Å². The summed E-state index contributed by atoms with van der Waals surface area (Å²) in [4.78, 5) is 58.4. The number of esters is 3. The van der Waals surface area contributed by atoms with Gasteiger partial charge in [0.1, 0.15) is 25.4 Å². The highest BCUT2D eigenvalue weighted by Crippen LogP contribution is 2.45. The van der Waals surface area contributed by atoms with E-state index in [1.165, 1.54) is 77.0 Å². The molecule has 0 aliphatic carbocycles. The molecular formula is C75H130O16P2. The molecule has 93 heavy (non-hydrogen) atoms. The van der Waals surface area contributed by atoms with Crippen molar-refractivity contribution in [2.75, 3.05) is 39.6 Å². The van der Waals surface area contributed by atoms with Gasteiger partial charge >= 0.3 is 33.6 Å². The van der Waals surface area contributed by atoms with E-state index >= 15 is 0 Å². The van der Waals surface area contributed by atoms with E-state index < -0.39 is 91.5 Å². The van der Waals surface area contributed by atoms with Crippen LogP contribution in [0.25, 0.3) is 0 Å². The van der Waals surface area contributed by atoms with E-state index in [0.29, 0.717) is 19.3 Å². The third-order valence-corrected chi connectivity index (χ3v) is 16.9. The highest BCUT2D eigenvalue weighted by molar-refractivity contribution is 7.47. The van der Waals surface area contributed by atoms with Gasteiger partial charge in [-0.2, -0.15) is 0 Å². The second-order valence-electron chi connectivity index (χ2n) is 24.0. The van der Waals surface area contributed by atoms with Gasteiger partial charge in [-0.25, -0.2) is 9.13 Å². The predicted octanol–water partition coefficient (Wildman–Crippen LogP) is 20.4.